The Morgan fingerprint density at radius 3 is 2.77 bits per heavy atom. The van der Waals surface area contributed by atoms with Gasteiger partial charge >= 0.3 is 11.9 Å². The van der Waals surface area contributed by atoms with Crippen molar-refractivity contribution in [2.75, 3.05) is 13.7 Å². The van der Waals surface area contributed by atoms with Gasteiger partial charge in [0.1, 0.15) is 24.9 Å². The van der Waals surface area contributed by atoms with E-state index in [0.717, 1.165) is 5.56 Å². The van der Waals surface area contributed by atoms with Crippen LogP contribution in [0.1, 0.15) is 28.9 Å². The van der Waals surface area contributed by atoms with Crippen LogP contribution in [-0.2, 0) is 19.0 Å². The molecule has 6 nitrogen and oxygen atoms in total. The van der Waals surface area contributed by atoms with Gasteiger partial charge in [0, 0.05) is 6.92 Å². The highest BCUT2D eigenvalue weighted by Crippen LogP contribution is 2.27. The number of hydrogen-bond donors (Lipinski definition) is 1. The summed E-state index contributed by atoms with van der Waals surface area (Å²) in [6.07, 6.45) is 1.35. The number of benzene rings is 1. The van der Waals surface area contributed by atoms with Crippen molar-refractivity contribution >= 4 is 11.9 Å². The lowest BCUT2D eigenvalue weighted by atomic mass is 10.0. The van der Waals surface area contributed by atoms with Crippen molar-refractivity contribution < 1.29 is 28.9 Å². The lowest BCUT2D eigenvalue weighted by molar-refractivity contribution is -0.150. The van der Waals surface area contributed by atoms with Gasteiger partial charge in [0.25, 0.3) is 0 Å². The largest absolute Gasteiger partial charge is 0.465 e. The highest BCUT2D eigenvalue weighted by Gasteiger charge is 2.27. The molecule has 1 heterocycles. The maximum Gasteiger partial charge on any atom is 0.337 e. The second-order valence-corrected chi connectivity index (χ2v) is 4.89. The molecule has 1 aliphatic heterocycles. The molecule has 0 aliphatic carbocycles. The van der Waals surface area contributed by atoms with Crippen molar-refractivity contribution in [1.29, 1.82) is 0 Å². The van der Waals surface area contributed by atoms with Gasteiger partial charge in [0.2, 0.25) is 0 Å². The molecule has 0 saturated carbocycles. The zero-order valence-electron chi connectivity index (χ0n) is 12.4. The van der Waals surface area contributed by atoms with E-state index in [2.05, 4.69) is 4.74 Å². The normalized spacial score (nSPS) is 23.9. The monoisotopic (exact) mass is 306 g/mol. The fourth-order valence-electron chi connectivity index (χ4n) is 2.14. The lowest BCUT2D eigenvalue weighted by Crippen LogP contribution is -2.36. The molecule has 0 spiro atoms. The number of aliphatic hydroxyl groups excluding tert-OH is 1. The summed E-state index contributed by atoms with van der Waals surface area (Å²) in [5.41, 5.74) is 1.17. The number of hydrogen-bond acceptors (Lipinski definition) is 6. The Bertz CT molecular complexity index is 580. The van der Waals surface area contributed by atoms with Crippen LogP contribution >= 0.6 is 0 Å². The quantitative estimate of drug-likeness (QED) is 0.669. The number of rotatable bonds is 4. The number of carbonyl (C=O) groups is 2. The van der Waals surface area contributed by atoms with E-state index < -0.39 is 30.3 Å². The van der Waals surface area contributed by atoms with Crippen molar-refractivity contribution in [2.24, 2.45) is 0 Å². The van der Waals surface area contributed by atoms with Crippen LogP contribution in [0.5, 0.6) is 0 Å². The standard InChI is InChI=1S/C16H18O6/c1-10(17)21-9-15-13(18)6-7-14(22-15)11-4-3-5-12(8-11)16(19)20-2/h3-8,13-15,18H,9H2,1-2H3. The molecule has 1 N–H and O–H groups in total. The number of esters is 2. The third-order valence-electron chi connectivity index (χ3n) is 3.27. The molecule has 0 saturated heterocycles. The Balaban J connectivity index is 2.13. The van der Waals surface area contributed by atoms with E-state index in [9.17, 15) is 14.7 Å². The number of ether oxygens (including phenoxy) is 3. The van der Waals surface area contributed by atoms with Gasteiger partial charge < -0.3 is 19.3 Å². The first-order chi connectivity index (χ1) is 10.5. The molecule has 0 fully saturated rings. The highest BCUT2D eigenvalue weighted by atomic mass is 16.6. The molecule has 0 amide bonds. The smallest absolute Gasteiger partial charge is 0.337 e. The van der Waals surface area contributed by atoms with Gasteiger partial charge in [-0.2, -0.15) is 0 Å². The van der Waals surface area contributed by atoms with E-state index in [4.69, 9.17) is 9.47 Å². The molecule has 2 rings (SSSR count). The van der Waals surface area contributed by atoms with Crippen LogP contribution in [0.4, 0.5) is 0 Å². The van der Waals surface area contributed by atoms with Gasteiger partial charge in [-0.25, -0.2) is 4.79 Å². The summed E-state index contributed by atoms with van der Waals surface area (Å²) in [5, 5.41) is 9.85. The molecule has 118 valence electrons. The molecule has 1 aromatic rings. The van der Waals surface area contributed by atoms with Gasteiger partial charge in [0.15, 0.2) is 0 Å². The minimum atomic E-state index is -0.848. The van der Waals surface area contributed by atoms with E-state index in [1.807, 2.05) is 6.07 Å². The van der Waals surface area contributed by atoms with E-state index in [-0.39, 0.29) is 6.61 Å². The SMILES string of the molecule is COC(=O)c1cccc(C2C=CC(O)C(COC(C)=O)O2)c1. The van der Waals surface area contributed by atoms with Crippen LogP contribution < -0.4 is 0 Å². The van der Waals surface area contributed by atoms with Crippen molar-refractivity contribution in [3.8, 4) is 0 Å². The third-order valence-corrected chi connectivity index (χ3v) is 3.27. The fraction of sp³-hybridized carbons (Fsp3) is 0.375. The van der Waals surface area contributed by atoms with Gasteiger partial charge in [0.05, 0.1) is 12.7 Å². The van der Waals surface area contributed by atoms with Crippen LogP contribution in [0.2, 0.25) is 0 Å². The number of carbonyl (C=O) groups excluding carboxylic acids is 2. The first kappa shape index (κ1) is 16.2. The second kappa shape index (κ2) is 7.20. The summed E-state index contributed by atoms with van der Waals surface area (Å²) in [7, 11) is 1.32. The summed E-state index contributed by atoms with van der Waals surface area (Å²) in [4.78, 5) is 22.4. The van der Waals surface area contributed by atoms with Crippen LogP contribution in [0.15, 0.2) is 36.4 Å². The Labute approximate surface area is 128 Å². The Hall–Kier alpha value is -2.18. The molecule has 22 heavy (non-hydrogen) atoms. The predicted molar refractivity (Wildman–Crippen MR) is 77.2 cm³/mol. The summed E-state index contributed by atoms with van der Waals surface area (Å²) in [5.74, 6) is -0.868. The van der Waals surface area contributed by atoms with Crippen LogP contribution in [0.25, 0.3) is 0 Å². The van der Waals surface area contributed by atoms with Crippen molar-refractivity contribution in [3.63, 3.8) is 0 Å². The van der Waals surface area contributed by atoms with Gasteiger partial charge in [-0.3, -0.25) is 4.79 Å². The van der Waals surface area contributed by atoms with Gasteiger partial charge in [-0.05, 0) is 17.7 Å². The van der Waals surface area contributed by atoms with Gasteiger partial charge in [-0.1, -0.05) is 24.3 Å². The highest BCUT2D eigenvalue weighted by molar-refractivity contribution is 5.89. The molecule has 6 heteroatoms. The predicted octanol–water partition coefficient (Wildman–Crippen LogP) is 1.39. The van der Waals surface area contributed by atoms with Crippen molar-refractivity contribution in [1.82, 2.24) is 0 Å². The maximum absolute atomic E-state index is 11.6. The minimum Gasteiger partial charge on any atom is -0.465 e. The molecule has 0 radical (unpaired) electrons. The van der Waals surface area contributed by atoms with E-state index in [1.165, 1.54) is 14.0 Å². The average Bonchev–Trinajstić information content (AvgIpc) is 2.53. The topological polar surface area (TPSA) is 82.1 Å². The van der Waals surface area contributed by atoms with Crippen LogP contribution in [0, 0.1) is 0 Å². The maximum atomic E-state index is 11.6. The van der Waals surface area contributed by atoms with E-state index >= 15 is 0 Å². The van der Waals surface area contributed by atoms with Crippen LogP contribution in [0.3, 0.4) is 0 Å². The zero-order chi connectivity index (χ0) is 16.1. The Kier molecular flexibility index (Phi) is 5.30. The molecule has 0 aromatic heterocycles. The second-order valence-electron chi connectivity index (χ2n) is 4.89. The third kappa shape index (κ3) is 3.93. The Morgan fingerprint density at radius 2 is 2.09 bits per heavy atom. The fourth-order valence-corrected chi connectivity index (χ4v) is 2.14. The molecule has 1 aromatic carbocycles. The Morgan fingerprint density at radius 1 is 1.32 bits per heavy atom. The van der Waals surface area contributed by atoms with E-state index in [0.29, 0.717) is 5.56 Å². The zero-order valence-corrected chi connectivity index (χ0v) is 12.4. The molecular formula is C16H18O6. The number of methoxy groups -OCH3 is 1. The van der Waals surface area contributed by atoms with Crippen molar-refractivity contribution in [3.05, 3.63) is 47.5 Å². The summed E-state index contributed by atoms with van der Waals surface area (Å²) in [6.45, 7) is 1.26. The van der Waals surface area contributed by atoms with Crippen molar-refractivity contribution in [2.45, 2.75) is 25.2 Å². The summed E-state index contributed by atoms with van der Waals surface area (Å²) < 4.78 is 15.3. The lowest BCUT2D eigenvalue weighted by Gasteiger charge is -2.29. The van der Waals surface area contributed by atoms with Crippen LogP contribution in [-0.4, -0.2) is 43.0 Å². The molecular weight excluding hydrogens is 288 g/mol. The van der Waals surface area contributed by atoms with Gasteiger partial charge in [-0.15, -0.1) is 0 Å². The average molecular weight is 306 g/mol. The molecule has 0 bridgehead atoms. The first-order valence-electron chi connectivity index (χ1n) is 6.84. The molecule has 3 unspecified atom stereocenters. The number of aliphatic hydroxyl groups is 1. The first-order valence-corrected chi connectivity index (χ1v) is 6.84. The molecule has 3 atom stereocenters. The minimum absolute atomic E-state index is 0.0337. The van der Waals surface area contributed by atoms with E-state index in [1.54, 1.807) is 30.4 Å². The summed E-state index contributed by atoms with van der Waals surface area (Å²) in [6, 6.07) is 6.85. The summed E-state index contributed by atoms with van der Waals surface area (Å²) >= 11 is 0. The molecule has 1 aliphatic rings.